The summed E-state index contributed by atoms with van der Waals surface area (Å²) in [5.41, 5.74) is 4.06. The lowest BCUT2D eigenvalue weighted by atomic mass is 9.89. The van der Waals surface area contributed by atoms with E-state index in [-0.39, 0.29) is 5.97 Å². The van der Waals surface area contributed by atoms with E-state index in [1.165, 1.54) is 23.9 Å². The molecule has 1 atom stereocenters. The van der Waals surface area contributed by atoms with E-state index in [4.69, 9.17) is 4.74 Å². The minimum atomic E-state index is -0.106. The molecule has 0 radical (unpaired) electrons. The molecule has 0 spiro atoms. The highest BCUT2D eigenvalue weighted by Gasteiger charge is 2.30. The smallest absolute Gasteiger partial charge is 0.307 e. The van der Waals surface area contributed by atoms with Crippen LogP contribution in [0.5, 0.6) is 0 Å². The summed E-state index contributed by atoms with van der Waals surface area (Å²) in [5, 5.41) is 0. The normalized spacial score (nSPS) is 21.2. The van der Waals surface area contributed by atoms with Gasteiger partial charge in [-0.1, -0.05) is 30.3 Å². The molecule has 19 heavy (non-hydrogen) atoms. The highest BCUT2D eigenvalue weighted by atomic mass is 16.5. The Morgan fingerprint density at radius 1 is 1.42 bits per heavy atom. The van der Waals surface area contributed by atoms with Crippen LogP contribution >= 0.6 is 0 Å². The van der Waals surface area contributed by atoms with Gasteiger partial charge in [0.1, 0.15) is 0 Å². The topological polar surface area (TPSA) is 29.5 Å². The number of esters is 1. The van der Waals surface area contributed by atoms with Gasteiger partial charge in [-0.15, -0.1) is 0 Å². The lowest BCUT2D eigenvalue weighted by Gasteiger charge is -2.41. The minimum Gasteiger partial charge on any atom is -0.469 e. The van der Waals surface area contributed by atoms with Crippen molar-refractivity contribution in [3.8, 4) is 0 Å². The average molecular weight is 257 g/mol. The summed E-state index contributed by atoms with van der Waals surface area (Å²) < 4.78 is 4.82. The van der Waals surface area contributed by atoms with Crippen LogP contribution in [0.4, 0.5) is 0 Å². The average Bonchev–Trinajstić information content (AvgIpc) is 2.47. The van der Waals surface area contributed by atoms with E-state index in [0.717, 1.165) is 25.8 Å². The first-order valence-electron chi connectivity index (χ1n) is 6.91. The monoisotopic (exact) mass is 257 g/mol. The summed E-state index contributed by atoms with van der Waals surface area (Å²) in [4.78, 5) is 13.9. The SMILES string of the molecule is COC(=O)CC1CCC=C2c3ccccc3CCN21. The minimum absolute atomic E-state index is 0.106. The zero-order valence-electron chi connectivity index (χ0n) is 11.3. The summed E-state index contributed by atoms with van der Waals surface area (Å²) in [6.07, 6.45) is 5.95. The molecule has 2 heterocycles. The number of allylic oxidation sites excluding steroid dienone is 1. The van der Waals surface area contributed by atoms with Crippen LogP contribution in [-0.2, 0) is 16.0 Å². The van der Waals surface area contributed by atoms with E-state index < -0.39 is 0 Å². The van der Waals surface area contributed by atoms with Gasteiger partial charge in [0.25, 0.3) is 0 Å². The Kier molecular flexibility index (Phi) is 3.28. The van der Waals surface area contributed by atoms with Crippen molar-refractivity contribution in [1.82, 2.24) is 4.90 Å². The molecule has 0 saturated carbocycles. The first-order valence-corrected chi connectivity index (χ1v) is 6.91. The lowest BCUT2D eigenvalue weighted by molar-refractivity contribution is -0.141. The van der Waals surface area contributed by atoms with E-state index in [2.05, 4.69) is 35.2 Å². The largest absolute Gasteiger partial charge is 0.469 e. The Balaban J connectivity index is 1.88. The molecule has 0 fully saturated rings. The van der Waals surface area contributed by atoms with Crippen LogP contribution in [0.3, 0.4) is 0 Å². The van der Waals surface area contributed by atoms with Crippen molar-refractivity contribution in [3.63, 3.8) is 0 Å². The van der Waals surface area contributed by atoms with E-state index in [0.29, 0.717) is 12.5 Å². The zero-order chi connectivity index (χ0) is 13.2. The molecule has 1 unspecified atom stereocenters. The van der Waals surface area contributed by atoms with Gasteiger partial charge in [-0.2, -0.15) is 0 Å². The summed E-state index contributed by atoms with van der Waals surface area (Å²) >= 11 is 0. The summed E-state index contributed by atoms with van der Waals surface area (Å²) in [6, 6.07) is 8.88. The van der Waals surface area contributed by atoms with E-state index in [1.807, 2.05) is 0 Å². The Bertz CT molecular complexity index is 521. The van der Waals surface area contributed by atoms with Gasteiger partial charge in [-0.05, 0) is 24.8 Å². The van der Waals surface area contributed by atoms with Crippen molar-refractivity contribution < 1.29 is 9.53 Å². The Labute approximate surface area is 113 Å². The van der Waals surface area contributed by atoms with Gasteiger partial charge in [0.05, 0.1) is 13.5 Å². The van der Waals surface area contributed by atoms with Crippen molar-refractivity contribution in [2.24, 2.45) is 0 Å². The van der Waals surface area contributed by atoms with Crippen molar-refractivity contribution in [1.29, 1.82) is 0 Å². The molecule has 100 valence electrons. The zero-order valence-corrected chi connectivity index (χ0v) is 11.3. The molecular formula is C16H19NO2. The highest BCUT2D eigenvalue weighted by Crippen LogP contribution is 2.35. The van der Waals surface area contributed by atoms with E-state index >= 15 is 0 Å². The highest BCUT2D eigenvalue weighted by molar-refractivity contribution is 5.73. The Morgan fingerprint density at radius 2 is 2.26 bits per heavy atom. The second kappa shape index (κ2) is 5.08. The van der Waals surface area contributed by atoms with Crippen LogP contribution in [0.25, 0.3) is 5.70 Å². The molecule has 0 amide bonds. The van der Waals surface area contributed by atoms with Crippen LogP contribution in [0, 0.1) is 0 Å². The third-order valence-electron chi connectivity index (χ3n) is 4.13. The summed E-state index contributed by atoms with van der Waals surface area (Å²) in [6.45, 7) is 1.00. The molecule has 0 aliphatic carbocycles. The number of fused-ring (bicyclic) bond motifs is 3. The fourth-order valence-electron chi connectivity index (χ4n) is 3.17. The Hall–Kier alpha value is -1.77. The summed E-state index contributed by atoms with van der Waals surface area (Å²) in [5.74, 6) is -0.106. The van der Waals surface area contributed by atoms with Crippen LogP contribution < -0.4 is 0 Å². The molecule has 0 saturated heterocycles. The molecule has 0 N–H and O–H groups in total. The van der Waals surface area contributed by atoms with E-state index in [9.17, 15) is 4.79 Å². The molecule has 1 aromatic rings. The molecule has 0 aromatic heterocycles. The number of methoxy groups -OCH3 is 1. The number of hydrogen-bond acceptors (Lipinski definition) is 3. The number of nitrogens with zero attached hydrogens (tertiary/aromatic N) is 1. The predicted octanol–water partition coefficient (Wildman–Crippen LogP) is 2.61. The second-order valence-electron chi connectivity index (χ2n) is 5.20. The maximum Gasteiger partial charge on any atom is 0.307 e. The number of carbonyl (C=O) groups excluding carboxylic acids is 1. The maximum absolute atomic E-state index is 11.5. The van der Waals surface area contributed by atoms with Crippen molar-refractivity contribution in [3.05, 3.63) is 41.5 Å². The number of rotatable bonds is 2. The van der Waals surface area contributed by atoms with Gasteiger partial charge >= 0.3 is 5.97 Å². The second-order valence-corrected chi connectivity index (χ2v) is 5.20. The van der Waals surface area contributed by atoms with Crippen LogP contribution in [0.1, 0.15) is 30.4 Å². The fourth-order valence-corrected chi connectivity index (χ4v) is 3.17. The molecule has 0 bridgehead atoms. The molecule has 3 heteroatoms. The van der Waals surface area contributed by atoms with Crippen LogP contribution in [0.2, 0.25) is 0 Å². The van der Waals surface area contributed by atoms with Gasteiger partial charge in [-0.3, -0.25) is 4.79 Å². The quantitative estimate of drug-likeness (QED) is 0.763. The maximum atomic E-state index is 11.5. The molecule has 2 aliphatic heterocycles. The standard InChI is InChI=1S/C16H19NO2/c1-19-16(18)11-13-6-4-8-15-14-7-3-2-5-12(14)9-10-17(13)15/h2-3,5,7-8,13H,4,6,9-11H2,1H3. The summed E-state index contributed by atoms with van der Waals surface area (Å²) in [7, 11) is 1.47. The molecule has 3 rings (SSSR count). The molecular weight excluding hydrogens is 238 g/mol. The van der Waals surface area contributed by atoms with Crippen molar-refractivity contribution in [2.75, 3.05) is 13.7 Å². The predicted molar refractivity (Wildman–Crippen MR) is 74.5 cm³/mol. The molecule has 3 nitrogen and oxygen atoms in total. The van der Waals surface area contributed by atoms with Crippen LogP contribution in [-0.4, -0.2) is 30.6 Å². The van der Waals surface area contributed by atoms with Crippen molar-refractivity contribution in [2.45, 2.75) is 31.7 Å². The first kappa shape index (κ1) is 12.3. The number of hydrogen-bond donors (Lipinski definition) is 0. The third-order valence-corrected chi connectivity index (χ3v) is 4.13. The number of ether oxygens (including phenoxy) is 1. The Morgan fingerprint density at radius 3 is 3.11 bits per heavy atom. The van der Waals surface area contributed by atoms with Gasteiger partial charge in [-0.25, -0.2) is 0 Å². The molecule has 2 aliphatic rings. The van der Waals surface area contributed by atoms with Gasteiger partial charge in [0, 0.05) is 23.8 Å². The van der Waals surface area contributed by atoms with Crippen molar-refractivity contribution >= 4 is 11.7 Å². The third kappa shape index (κ3) is 2.25. The van der Waals surface area contributed by atoms with E-state index in [1.54, 1.807) is 0 Å². The van der Waals surface area contributed by atoms with Gasteiger partial charge in [0.15, 0.2) is 0 Å². The van der Waals surface area contributed by atoms with Gasteiger partial charge in [0.2, 0.25) is 0 Å². The lowest BCUT2D eigenvalue weighted by Crippen LogP contribution is -2.41. The van der Waals surface area contributed by atoms with Crippen LogP contribution in [0.15, 0.2) is 30.3 Å². The molecule has 1 aromatic carbocycles. The number of benzene rings is 1. The first-order chi connectivity index (χ1) is 9.29. The number of carbonyl (C=O) groups is 1. The van der Waals surface area contributed by atoms with Gasteiger partial charge < -0.3 is 9.64 Å². The fraction of sp³-hybridized carbons (Fsp3) is 0.438.